The van der Waals surface area contributed by atoms with Gasteiger partial charge in [0.2, 0.25) is 15.9 Å². The van der Waals surface area contributed by atoms with Gasteiger partial charge in [-0.1, -0.05) is 30.3 Å². The molecule has 0 aromatic heterocycles. The molecule has 0 heterocycles. The van der Waals surface area contributed by atoms with Gasteiger partial charge in [0.05, 0.1) is 12.3 Å². The van der Waals surface area contributed by atoms with Gasteiger partial charge in [-0.3, -0.25) is 4.79 Å². The van der Waals surface area contributed by atoms with Crippen LogP contribution in [0.2, 0.25) is 0 Å². The molecule has 0 saturated heterocycles. The Morgan fingerprint density at radius 3 is 2.52 bits per heavy atom. The lowest BCUT2D eigenvalue weighted by atomic mass is 10.1. The molecule has 6 nitrogen and oxygen atoms in total. The van der Waals surface area contributed by atoms with Crippen molar-refractivity contribution < 1.29 is 13.2 Å². The molecule has 1 rings (SSSR count). The molecule has 1 unspecified atom stereocenters. The molecule has 1 aromatic rings. The van der Waals surface area contributed by atoms with E-state index in [2.05, 4.69) is 10.0 Å². The van der Waals surface area contributed by atoms with E-state index in [1.165, 1.54) is 0 Å². The van der Waals surface area contributed by atoms with Crippen molar-refractivity contribution >= 4 is 15.9 Å². The summed E-state index contributed by atoms with van der Waals surface area (Å²) < 4.78 is 24.0. The van der Waals surface area contributed by atoms with Crippen molar-refractivity contribution in [2.45, 2.75) is 25.3 Å². The topological polar surface area (TPSA) is 101 Å². The summed E-state index contributed by atoms with van der Waals surface area (Å²) in [6.07, 6.45) is 2.97. The lowest BCUT2D eigenvalue weighted by molar-refractivity contribution is -0.122. The Hall–Kier alpha value is -1.44. The average Bonchev–Trinajstić information content (AvgIpc) is 2.44. The highest BCUT2D eigenvalue weighted by atomic mass is 32.2. The number of nitrogens with two attached hydrogens (primary N) is 1. The van der Waals surface area contributed by atoms with Crippen LogP contribution in [-0.4, -0.2) is 39.7 Å². The molecule has 0 aliphatic rings. The number of hydrogen-bond acceptors (Lipinski definition) is 4. The van der Waals surface area contributed by atoms with E-state index in [-0.39, 0.29) is 5.91 Å². The second kappa shape index (κ2) is 8.76. The van der Waals surface area contributed by atoms with Crippen LogP contribution in [0.3, 0.4) is 0 Å². The van der Waals surface area contributed by atoms with Crippen molar-refractivity contribution in [1.82, 2.24) is 10.0 Å². The van der Waals surface area contributed by atoms with Crippen molar-refractivity contribution in [3.63, 3.8) is 0 Å². The number of amides is 1. The molecule has 1 atom stereocenters. The van der Waals surface area contributed by atoms with Crippen LogP contribution in [0.15, 0.2) is 30.3 Å². The van der Waals surface area contributed by atoms with E-state index in [4.69, 9.17) is 5.73 Å². The first-order valence-electron chi connectivity index (χ1n) is 6.90. The third-order valence-electron chi connectivity index (χ3n) is 2.94. The zero-order chi connectivity index (χ0) is 15.7. The second-order valence-electron chi connectivity index (χ2n) is 4.94. The molecule has 0 spiro atoms. The standard InChI is InChI=1S/C14H23N3O3S/c1-21(19,20)17-11-5-10-16-14(18)13(15)9-8-12-6-3-2-4-7-12/h2-4,6-7,13,17H,5,8-11,15H2,1H3,(H,16,18). The zero-order valence-corrected chi connectivity index (χ0v) is 13.0. The van der Waals surface area contributed by atoms with E-state index < -0.39 is 16.1 Å². The Kier molecular flexibility index (Phi) is 7.35. The van der Waals surface area contributed by atoms with E-state index in [9.17, 15) is 13.2 Å². The fraction of sp³-hybridized carbons (Fsp3) is 0.500. The summed E-state index contributed by atoms with van der Waals surface area (Å²) in [7, 11) is -3.17. The molecule has 4 N–H and O–H groups in total. The van der Waals surface area contributed by atoms with Crippen molar-refractivity contribution in [2.75, 3.05) is 19.3 Å². The number of benzene rings is 1. The molecular weight excluding hydrogens is 290 g/mol. The molecule has 0 bridgehead atoms. The second-order valence-corrected chi connectivity index (χ2v) is 6.77. The maximum Gasteiger partial charge on any atom is 0.236 e. The number of hydrogen-bond donors (Lipinski definition) is 3. The van der Waals surface area contributed by atoms with Gasteiger partial charge in [0.25, 0.3) is 0 Å². The van der Waals surface area contributed by atoms with Gasteiger partial charge in [0.1, 0.15) is 0 Å². The summed E-state index contributed by atoms with van der Waals surface area (Å²) in [5, 5.41) is 2.71. The normalized spacial score (nSPS) is 12.9. The minimum atomic E-state index is -3.17. The Balaban J connectivity index is 2.16. The van der Waals surface area contributed by atoms with Gasteiger partial charge in [-0.15, -0.1) is 0 Å². The van der Waals surface area contributed by atoms with E-state index >= 15 is 0 Å². The van der Waals surface area contributed by atoms with Crippen molar-refractivity contribution in [3.05, 3.63) is 35.9 Å². The Morgan fingerprint density at radius 1 is 1.24 bits per heavy atom. The predicted molar refractivity (Wildman–Crippen MR) is 83.2 cm³/mol. The van der Waals surface area contributed by atoms with Crippen LogP contribution >= 0.6 is 0 Å². The summed E-state index contributed by atoms with van der Waals surface area (Å²) in [4.78, 5) is 11.7. The summed E-state index contributed by atoms with van der Waals surface area (Å²) in [5.41, 5.74) is 6.98. The number of nitrogens with one attached hydrogen (secondary N) is 2. The first kappa shape index (κ1) is 17.6. The van der Waals surface area contributed by atoms with Crippen LogP contribution in [-0.2, 0) is 21.2 Å². The first-order valence-corrected chi connectivity index (χ1v) is 8.79. The Bertz CT molecular complexity index is 532. The number of carbonyl (C=O) groups is 1. The number of aryl methyl sites for hydroxylation is 1. The van der Waals surface area contributed by atoms with Gasteiger partial charge in [-0.05, 0) is 24.8 Å². The fourth-order valence-corrected chi connectivity index (χ4v) is 2.30. The molecular formula is C14H23N3O3S. The highest BCUT2D eigenvalue weighted by Gasteiger charge is 2.12. The first-order chi connectivity index (χ1) is 9.88. The third-order valence-corrected chi connectivity index (χ3v) is 3.67. The maximum absolute atomic E-state index is 11.7. The lowest BCUT2D eigenvalue weighted by Gasteiger charge is -2.12. The van der Waals surface area contributed by atoms with Gasteiger partial charge in [-0.2, -0.15) is 0 Å². The molecule has 0 aliphatic heterocycles. The average molecular weight is 313 g/mol. The highest BCUT2D eigenvalue weighted by Crippen LogP contribution is 2.04. The number of sulfonamides is 1. The molecule has 118 valence electrons. The zero-order valence-electron chi connectivity index (χ0n) is 12.2. The summed E-state index contributed by atoms with van der Waals surface area (Å²) in [6, 6.07) is 9.31. The molecule has 7 heteroatoms. The summed E-state index contributed by atoms with van der Waals surface area (Å²) >= 11 is 0. The third kappa shape index (κ3) is 8.44. The summed E-state index contributed by atoms with van der Waals surface area (Å²) in [6.45, 7) is 0.707. The van der Waals surface area contributed by atoms with Crippen LogP contribution < -0.4 is 15.8 Å². The minimum Gasteiger partial charge on any atom is -0.355 e. The lowest BCUT2D eigenvalue weighted by Crippen LogP contribution is -2.41. The molecule has 1 amide bonds. The van der Waals surface area contributed by atoms with Gasteiger partial charge >= 0.3 is 0 Å². The number of rotatable bonds is 9. The van der Waals surface area contributed by atoms with Crippen LogP contribution in [0, 0.1) is 0 Å². The molecule has 21 heavy (non-hydrogen) atoms. The molecule has 0 radical (unpaired) electrons. The number of carbonyl (C=O) groups excluding carboxylic acids is 1. The monoisotopic (exact) mass is 313 g/mol. The largest absolute Gasteiger partial charge is 0.355 e. The Labute approximate surface area is 126 Å². The van der Waals surface area contributed by atoms with Crippen molar-refractivity contribution in [2.24, 2.45) is 5.73 Å². The highest BCUT2D eigenvalue weighted by molar-refractivity contribution is 7.88. The molecule has 0 aliphatic carbocycles. The smallest absolute Gasteiger partial charge is 0.236 e. The SMILES string of the molecule is CS(=O)(=O)NCCCNC(=O)C(N)CCc1ccccc1. The van der Waals surface area contributed by atoms with E-state index in [1.807, 2.05) is 30.3 Å². The van der Waals surface area contributed by atoms with Gasteiger partial charge in [0, 0.05) is 13.1 Å². The van der Waals surface area contributed by atoms with Crippen LogP contribution in [0.4, 0.5) is 0 Å². The van der Waals surface area contributed by atoms with Gasteiger partial charge in [0.15, 0.2) is 0 Å². The predicted octanol–water partition coefficient (Wildman–Crippen LogP) is 0.00200. The maximum atomic E-state index is 11.7. The van der Waals surface area contributed by atoms with Crippen LogP contribution in [0.1, 0.15) is 18.4 Å². The van der Waals surface area contributed by atoms with Gasteiger partial charge < -0.3 is 11.1 Å². The summed E-state index contributed by atoms with van der Waals surface area (Å²) in [5.74, 6) is -0.203. The molecule has 0 fully saturated rings. The van der Waals surface area contributed by atoms with Gasteiger partial charge in [-0.25, -0.2) is 13.1 Å². The minimum absolute atomic E-state index is 0.203. The molecule has 0 saturated carbocycles. The Morgan fingerprint density at radius 2 is 1.90 bits per heavy atom. The van der Waals surface area contributed by atoms with E-state index in [0.717, 1.165) is 18.2 Å². The van der Waals surface area contributed by atoms with Crippen molar-refractivity contribution in [1.29, 1.82) is 0 Å². The van der Waals surface area contributed by atoms with E-state index in [0.29, 0.717) is 25.9 Å². The molecule has 1 aromatic carbocycles. The van der Waals surface area contributed by atoms with Crippen molar-refractivity contribution in [3.8, 4) is 0 Å². The van der Waals surface area contributed by atoms with Crippen LogP contribution in [0.25, 0.3) is 0 Å². The van der Waals surface area contributed by atoms with E-state index in [1.54, 1.807) is 0 Å². The quantitative estimate of drug-likeness (QED) is 0.559. The fourth-order valence-electron chi connectivity index (χ4n) is 1.79. The van der Waals surface area contributed by atoms with Crippen LogP contribution in [0.5, 0.6) is 0 Å².